The van der Waals surface area contributed by atoms with E-state index in [-0.39, 0.29) is 24.3 Å². The Balaban J connectivity index is 1.30. The summed E-state index contributed by atoms with van der Waals surface area (Å²) in [6, 6.07) is 12.4. The summed E-state index contributed by atoms with van der Waals surface area (Å²) in [6.45, 7) is 2.80. The first-order valence-corrected chi connectivity index (χ1v) is 11.8. The van der Waals surface area contributed by atoms with Crippen molar-refractivity contribution in [2.24, 2.45) is 0 Å². The topological polar surface area (TPSA) is 108 Å². The van der Waals surface area contributed by atoms with Crippen molar-refractivity contribution >= 4 is 29.4 Å². The third-order valence-electron chi connectivity index (χ3n) is 6.32. The summed E-state index contributed by atoms with van der Waals surface area (Å²) in [5.74, 6) is -0.940. The number of aryl methyl sites for hydroxylation is 1. The van der Waals surface area contributed by atoms with Gasteiger partial charge in [-0.05, 0) is 54.2 Å². The van der Waals surface area contributed by atoms with Crippen molar-refractivity contribution in [3.63, 3.8) is 0 Å². The van der Waals surface area contributed by atoms with E-state index >= 15 is 0 Å². The molecule has 1 fully saturated rings. The number of carbonyl (C=O) groups excluding carboxylic acids is 4. The molecule has 2 heterocycles. The molecule has 2 aliphatic rings. The molecule has 0 aromatic heterocycles. The van der Waals surface area contributed by atoms with Crippen LogP contribution in [-0.2, 0) is 29.1 Å². The number of urea groups is 1. The molecule has 8 nitrogen and oxygen atoms in total. The summed E-state index contributed by atoms with van der Waals surface area (Å²) in [6.07, 6.45) is 5.18. The predicted octanol–water partition coefficient (Wildman–Crippen LogP) is 3.50. The van der Waals surface area contributed by atoms with E-state index in [1.165, 1.54) is 29.7 Å². The van der Waals surface area contributed by atoms with Crippen LogP contribution in [0.25, 0.3) is 0 Å². The molecule has 2 aliphatic heterocycles. The van der Waals surface area contributed by atoms with E-state index in [4.69, 9.17) is 0 Å². The van der Waals surface area contributed by atoms with Crippen molar-refractivity contribution in [3.05, 3.63) is 64.7 Å². The first-order valence-electron chi connectivity index (χ1n) is 11.8. The third kappa shape index (κ3) is 5.44. The molecule has 1 atom stereocenters. The summed E-state index contributed by atoms with van der Waals surface area (Å²) in [5.41, 5.74) is 4.22. The minimum atomic E-state index is -0.636. The van der Waals surface area contributed by atoms with Crippen LogP contribution >= 0.6 is 0 Å². The zero-order chi connectivity index (χ0) is 24.1. The van der Waals surface area contributed by atoms with Gasteiger partial charge in [-0.2, -0.15) is 0 Å². The SMILES string of the molecule is CCCCCc1ccc(NC(=O)NCc2ccc3c(c2)CN(C2CCC(=O)NC2=O)C3=O)cc1. The van der Waals surface area contributed by atoms with Gasteiger partial charge in [0.1, 0.15) is 6.04 Å². The molecule has 4 rings (SSSR count). The number of benzene rings is 2. The molecule has 1 unspecified atom stereocenters. The molecular weight excluding hydrogens is 432 g/mol. The quantitative estimate of drug-likeness (QED) is 0.412. The number of carbonyl (C=O) groups is 4. The standard InChI is InChI=1S/C26H30N4O4/c1-2-3-4-5-17-6-9-20(10-7-17)28-26(34)27-15-18-8-11-21-19(14-18)16-30(25(21)33)22-12-13-23(31)29-24(22)32/h6-11,14,22H,2-5,12-13,15-16H2,1H3,(H2,27,28,34)(H,29,31,32). The van der Waals surface area contributed by atoms with Gasteiger partial charge in [-0.3, -0.25) is 19.7 Å². The Morgan fingerprint density at radius 2 is 1.82 bits per heavy atom. The lowest BCUT2D eigenvalue weighted by molar-refractivity contribution is -0.136. The first-order chi connectivity index (χ1) is 16.4. The third-order valence-corrected chi connectivity index (χ3v) is 6.32. The average Bonchev–Trinajstić information content (AvgIpc) is 3.14. The van der Waals surface area contributed by atoms with E-state index in [9.17, 15) is 19.2 Å². The second kappa shape index (κ2) is 10.5. The summed E-state index contributed by atoms with van der Waals surface area (Å²) in [4.78, 5) is 50.2. The summed E-state index contributed by atoms with van der Waals surface area (Å²) in [5, 5.41) is 7.99. The molecule has 3 N–H and O–H groups in total. The van der Waals surface area contributed by atoms with E-state index in [1.54, 1.807) is 12.1 Å². The molecule has 178 valence electrons. The van der Waals surface area contributed by atoms with Gasteiger partial charge in [-0.15, -0.1) is 0 Å². The normalized spacial score (nSPS) is 17.4. The number of piperidine rings is 1. The van der Waals surface area contributed by atoms with E-state index in [2.05, 4.69) is 22.9 Å². The Labute approximate surface area is 199 Å². The average molecular weight is 463 g/mol. The molecule has 0 saturated carbocycles. The first kappa shape index (κ1) is 23.5. The van der Waals surface area contributed by atoms with Gasteiger partial charge in [0.15, 0.2) is 0 Å². The highest BCUT2D eigenvalue weighted by atomic mass is 16.2. The van der Waals surface area contributed by atoms with Gasteiger partial charge in [0.25, 0.3) is 5.91 Å². The molecule has 0 bridgehead atoms. The Morgan fingerprint density at radius 1 is 1.06 bits per heavy atom. The van der Waals surface area contributed by atoms with Crippen LogP contribution in [0, 0.1) is 0 Å². The Hall–Kier alpha value is -3.68. The second-order valence-corrected chi connectivity index (χ2v) is 8.85. The molecule has 34 heavy (non-hydrogen) atoms. The van der Waals surface area contributed by atoms with Crippen molar-refractivity contribution in [2.45, 2.75) is 64.6 Å². The second-order valence-electron chi connectivity index (χ2n) is 8.85. The molecule has 2 aromatic rings. The molecular formula is C26H30N4O4. The monoisotopic (exact) mass is 462 g/mol. The molecule has 0 aliphatic carbocycles. The highest BCUT2D eigenvalue weighted by Crippen LogP contribution is 2.28. The summed E-state index contributed by atoms with van der Waals surface area (Å²) < 4.78 is 0. The lowest BCUT2D eigenvalue weighted by atomic mass is 10.0. The Bertz CT molecular complexity index is 1100. The van der Waals surface area contributed by atoms with Crippen LogP contribution in [-0.4, -0.2) is 34.7 Å². The number of unbranched alkanes of at least 4 members (excludes halogenated alkanes) is 2. The molecule has 5 amide bonds. The minimum absolute atomic E-state index is 0.208. The maximum atomic E-state index is 12.8. The Kier molecular flexibility index (Phi) is 7.25. The number of nitrogens with one attached hydrogen (secondary N) is 3. The fraction of sp³-hybridized carbons (Fsp3) is 0.385. The van der Waals surface area contributed by atoms with Gasteiger partial charge in [-0.25, -0.2) is 4.79 Å². The molecule has 0 radical (unpaired) electrons. The molecule has 2 aromatic carbocycles. The van der Waals surface area contributed by atoms with E-state index in [0.717, 1.165) is 23.2 Å². The van der Waals surface area contributed by atoms with Crippen molar-refractivity contribution in [1.82, 2.24) is 15.5 Å². The van der Waals surface area contributed by atoms with Crippen molar-refractivity contribution < 1.29 is 19.2 Å². The van der Waals surface area contributed by atoms with Gasteiger partial charge in [0.05, 0.1) is 0 Å². The molecule has 1 saturated heterocycles. The maximum absolute atomic E-state index is 12.8. The largest absolute Gasteiger partial charge is 0.334 e. The van der Waals surface area contributed by atoms with Gasteiger partial charge in [0.2, 0.25) is 11.8 Å². The number of anilines is 1. The van der Waals surface area contributed by atoms with Gasteiger partial charge in [0, 0.05) is 30.8 Å². The fourth-order valence-electron chi connectivity index (χ4n) is 4.43. The lowest BCUT2D eigenvalue weighted by Gasteiger charge is -2.29. The summed E-state index contributed by atoms with van der Waals surface area (Å²) >= 11 is 0. The zero-order valence-electron chi connectivity index (χ0n) is 19.4. The van der Waals surface area contributed by atoms with Gasteiger partial charge < -0.3 is 15.5 Å². The maximum Gasteiger partial charge on any atom is 0.319 e. The number of imide groups is 1. The number of rotatable bonds is 8. The fourth-order valence-corrected chi connectivity index (χ4v) is 4.43. The molecule has 0 spiro atoms. The highest BCUT2D eigenvalue weighted by molar-refractivity contribution is 6.05. The Morgan fingerprint density at radius 3 is 2.56 bits per heavy atom. The van der Waals surface area contributed by atoms with Crippen LogP contribution in [0.3, 0.4) is 0 Å². The number of amides is 5. The number of nitrogens with zero attached hydrogens (tertiary/aromatic N) is 1. The zero-order valence-corrected chi connectivity index (χ0v) is 19.4. The van der Waals surface area contributed by atoms with Crippen molar-refractivity contribution in [3.8, 4) is 0 Å². The number of hydrogen-bond donors (Lipinski definition) is 3. The van der Waals surface area contributed by atoms with Gasteiger partial charge in [-0.1, -0.05) is 44.0 Å². The number of hydrogen-bond acceptors (Lipinski definition) is 4. The minimum Gasteiger partial charge on any atom is -0.334 e. The van der Waals surface area contributed by atoms with Crippen LogP contribution in [0.1, 0.15) is 66.1 Å². The van der Waals surface area contributed by atoms with E-state index in [0.29, 0.717) is 25.1 Å². The van der Waals surface area contributed by atoms with Crippen LogP contribution in [0.5, 0.6) is 0 Å². The van der Waals surface area contributed by atoms with Crippen LogP contribution in [0.4, 0.5) is 10.5 Å². The predicted molar refractivity (Wildman–Crippen MR) is 128 cm³/mol. The van der Waals surface area contributed by atoms with E-state index < -0.39 is 11.9 Å². The number of fused-ring (bicyclic) bond motifs is 1. The smallest absolute Gasteiger partial charge is 0.319 e. The van der Waals surface area contributed by atoms with Crippen LogP contribution in [0.15, 0.2) is 42.5 Å². The lowest BCUT2D eigenvalue weighted by Crippen LogP contribution is -2.52. The van der Waals surface area contributed by atoms with Crippen LogP contribution in [0.2, 0.25) is 0 Å². The molecule has 8 heteroatoms. The highest BCUT2D eigenvalue weighted by Gasteiger charge is 2.39. The van der Waals surface area contributed by atoms with Gasteiger partial charge >= 0.3 is 6.03 Å². The van der Waals surface area contributed by atoms with E-state index in [1.807, 2.05) is 30.3 Å². The van der Waals surface area contributed by atoms with Crippen molar-refractivity contribution in [1.29, 1.82) is 0 Å². The van der Waals surface area contributed by atoms with Crippen LogP contribution < -0.4 is 16.0 Å². The summed E-state index contributed by atoms with van der Waals surface area (Å²) in [7, 11) is 0. The van der Waals surface area contributed by atoms with Crippen molar-refractivity contribution in [2.75, 3.05) is 5.32 Å².